The van der Waals surface area contributed by atoms with Crippen molar-refractivity contribution >= 4 is 0 Å². The predicted molar refractivity (Wildman–Crippen MR) is 51.7 cm³/mol. The summed E-state index contributed by atoms with van der Waals surface area (Å²) in [5.74, 6) is 0. The molecule has 90 valence electrons. The average molecular weight is 225 g/mol. The zero-order valence-electron chi connectivity index (χ0n) is 8.94. The second-order valence-corrected chi connectivity index (χ2v) is 3.96. The van der Waals surface area contributed by atoms with E-state index in [0.29, 0.717) is 19.6 Å². The van der Waals surface area contributed by atoms with E-state index in [2.05, 4.69) is 5.32 Å². The van der Waals surface area contributed by atoms with Gasteiger partial charge in [0.05, 0.1) is 6.61 Å². The molecule has 0 aromatic heterocycles. The zero-order chi connectivity index (χ0) is 11.3. The number of ether oxygens (including phenoxy) is 1. The quantitative estimate of drug-likeness (QED) is 0.742. The summed E-state index contributed by atoms with van der Waals surface area (Å²) in [5, 5.41) is 2.60. The van der Waals surface area contributed by atoms with Crippen molar-refractivity contribution in [3.63, 3.8) is 0 Å². The number of hydrogen-bond acceptors (Lipinski definition) is 2. The molecule has 0 spiro atoms. The second-order valence-electron chi connectivity index (χ2n) is 3.96. The van der Waals surface area contributed by atoms with Crippen LogP contribution in [-0.2, 0) is 4.74 Å². The molecule has 1 rings (SSSR count). The number of halogens is 3. The molecule has 0 amide bonds. The van der Waals surface area contributed by atoms with Gasteiger partial charge in [0.25, 0.3) is 0 Å². The van der Waals surface area contributed by atoms with Crippen molar-refractivity contribution in [3.8, 4) is 0 Å². The molecule has 1 N–H and O–H groups in total. The summed E-state index contributed by atoms with van der Waals surface area (Å²) in [6, 6.07) is -1.49. The lowest BCUT2D eigenvalue weighted by atomic mass is 9.99. The van der Waals surface area contributed by atoms with E-state index in [1.807, 2.05) is 6.92 Å². The summed E-state index contributed by atoms with van der Waals surface area (Å²) in [7, 11) is 0. The summed E-state index contributed by atoms with van der Waals surface area (Å²) in [6.07, 6.45) is -1.64. The molecule has 0 radical (unpaired) electrons. The van der Waals surface area contributed by atoms with Gasteiger partial charge in [-0.15, -0.1) is 0 Å². The van der Waals surface area contributed by atoms with Gasteiger partial charge in [-0.1, -0.05) is 6.92 Å². The van der Waals surface area contributed by atoms with Crippen LogP contribution in [0.5, 0.6) is 0 Å². The first-order valence-electron chi connectivity index (χ1n) is 5.44. The molecule has 2 nitrogen and oxygen atoms in total. The minimum atomic E-state index is -4.12. The van der Waals surface area contributed by atoms with Gasteiger partial charge in [0, 0.05) is 12.6 Å². The van der Waals surface area contributed by atoms with Gasteiger partial charge in [-0.05, 0) is 25.7 Å². The van der Waals surface area contributed by atoms with Gasteiger partial charge >= 0.3 is 6.18 Å². The summed E-state index contributed by atoms with van der Waals surface area (Å²) in [5.41, 5.74) is 0. The highest BCUT2D eigenvalue weighted by Crippen LogP contribution is 2.27. The highest BCUT2D eigenvalue weighted by atomic mass is 19.4. The molecule has 1 aliphatic rings. The number of alkyl halides is 3. The first kappa shape index (κ1) is 12.8. The number of hydrogen-bond donors (Lipinski definition) is 1. The lowest BCUT2D eigenvalue weighted by molar-refractivity contribution is -0.164. The van der Waals surface area contributed by atoms with Gasteiger partial charge in [-0.25, -0.2) is 0 Å². The van der Waals surface area contributed by atoms with Crippen molar-refractivity contribution in [1.82, 2.24) is 5.32 Å². The molecule has 15 heavy (non-hydrogen) atoms. The molecule has 2 atom stereocenters. The first-order chi connectivity index (χ1) is 7.04. The Morgan fingerprint density at radius 3 is 2.67 bits per heavy atom. The molecule has 1 saturated heterocycles. The molecule has 1 heterocycles. The fourth-order valence-electron chi connectivity index (χ4n) is 1.78. The van der Waals surface area contributed by atoms with E-state index in [1.54, 1.807) is 0 Å². The summed E-state index contributed by atoms with van der Waals surface area (Å²) in [4.78, 5) is 0. The standard InChI is InChI=1S/C10H18F3NO/c1-2-6-15-7-8-4-3-5-9(14-8)10(11,12)13/h8-9,14H,2-7H2,1H3. The van der Waals surface area contributed by atoms with E-state index in [9.17, 15) is 13.2 Å². The zero-order valence-corrected chi connectivity index (χ0v) is 8.94. The minimum absolute atomic E-state index is 0.142. The van der Waals surface area contributed by atoms with E-state index in [-0.39, 0.29) is 12.5 Å². The van der Waals surface area contributed by atoms with Crippen molar-refractivity contribution in [2.75, 3.05) is 13.2 Å². The molecule has 2 unspecified atom stereocenters. The Kier molecular flexibility index (Phi) is 4.86. The Bertz CT molecular complexity index is 184. The van der Waals surface area contributed by atoms with Crippen LogP contribution in [0.15, 0.2) is 0 Å². The molecule has 5 heteroatoms. The van der Waals surface area contributed by atoms with Crippen molar-refractivity contribution < 1.29 is 17.9 Å². The van der Waals surface area contributed by atoms with Gasteiger partial charge in [0.15, 0.2) is 0 Å². The monoisotopic (exact) mass is 225 g/mol. The van der Waals surface area contributed by atoms with Crippen LogP contribution in [-0.4, -0.2) is 31.5 Å². The second kappa shape index (κ2) is 5.70. The van der Waals surface area contributed by atoms with Gasteiger partial charge in [0.2, 0.25) is 0 Å². The number of nitrogens with one attached hydrogen (secondary N) is 1. The fourth-order valence-corrected chi connectivity index (χ4v) is 1.78. The van der Waals surface area contributed by atoms with Gasteiger partial charge in [-0.2, -0.15) is 13.2 Å². The van der Waals surface area contributed by atoms with Gasteiger partial charge in [0.1, 0.15) is 6.04 Å². The van der Waals surface area contributed by atoms with Gasteiger partial charge in [-0.3, -0.25) is 0 Å². The summed E-state index contributed by atoms with van der Waals surface area (Å²) in [6.45, 7) is 2.99. The van der Waals surface area contributed by atoms with Crippen LogP contribution in [0, 0.1) is 0 Å². The summed E-state index contributed by atoms with van der Waals surface area (Å²) < 4.78 is 42.5. The van der Waals surface area contributed by atoms with E-state index in [0.717, 1.165) is 12.8 Å². The van der Waals surface area contributed by atoms with Crippen LogP contribution < -0.4 is 5.32 Å². The number of piperidine rings is 1. The first-order valence-corrected chi connectivity index (χ1v) is 5.44. The lowest BCUT2D eigenvalue weighted by Gasteiger charge is -2.32. The van der Waals surface area contributed by atoms with Crippen LogP contribution in [0.3, 0.4) is 0 Å². The van der Waals surface area contributed by atoms with Crippen LogP contribution in [0.2, 0.25) is 0 Å². The normalized spacial score (nSPS) is 28.0. The molecule has 0 aromatic carbocycles. The SMILES string of the molecule is CCCOCC1CCCC(C(F)(F)F)N1. The molecule has 0 bridgehead atoms. The van der Waals surface area contributed by atoms with Crippen molar-refractivity contribution in [1.29, 1.82) is 0 Å². The third-order valence-electron chi connectivity index (χ3n) is 2.54. The largest absolute Gasteiger partial charge is 0.403 e. The third kappa shape index (κ3) is 4.38. The van der Waals surface area contributed by atoms with E-state index in [1.165, 1.54) is 0 Å². The molecular weight excluding hydrogens is 207 g/mol. The third-order valence-corrected chi connectivity index (χ3v) is 2.54. The van der Waals surface area contributed by atoms with Crippen LogP contribution in [0.1, 0.15) is 32.6 Å². The smallest absolute Gasteiger partial charge is 0.380 e. The van der Waals surface area contributed by atoms with Gasteiger partial charge < -0.3 is 10.1 Å². The van der Waals surface area contributed by atoms with Crippen LogP contribution in [0.25, 0.3) is 0 Å². The highest BCUT2D eigenvalue weighted by molar-refractivity contribution is 4.84. The Balaban J connectivity index is 2.29. The van der Waals surface area contributed by atoms with E-state index < -0.39 is 12.2 Å². The van der Waals surface area contributed by atoms with Crippen molar-refractivity contribution in [3.05, 3.63) is 0 Å². The molecule has 0 aromatic rings. The van der Waals surface area contributed by atoms with Crippen molar-refractivity contribution in [2.45, 2.75) is 50.9 Å². The molecular formula is C10H18F3NO. The fraction of sp³-hybridized carbons (Fsp3) is 1.00. The Morgan fingerprint density at radius 2 is 2.07 bits per heavy atom. The van der Waals surface area contributed by atoms with Crippen LogP contribution in [0.4, 0.5) is 13.2 Å². The molecule has 1 fully saturated rings. The average Bonchev–Trinajstić information content (AvgIpc) is 2.17. The Labute approximate surface area is 88.2 Å². The summed E-state index contributed by atoms with van der Waals surface area (Å²) >= 11 is 0. The maximum atomic E-state index is 12.4. The van der Waals surface area contributed by atoms with E-state index >= 15 is 0 Å². The number of rotatable bonds is 4. The van der Waals surface area contributed by atoms with Crippen LogP contribution >= 0.6 is 0 Å². The lowest BCUT2D eigenvalue weighted by Crippen LogP contribution is -2.51. The predicted octanol–water partition coefficient (Wildman–Crippen LogP) is 2.49. The Morgan fingerprint density at radius 1 is 1.33 bits per heavy atom. The topological polar surface area (TPSA) is 21.3 Å². The molecule has 0 saturated carbocycles. The highest BCUT2D eigenvalue weighted by Gasteiger charge is 2.41. The van der Waals surface area contributed by atoms with E-state index in [4.69, 9.17) is 4.74 Å². The Hall–Kier alpha value is -0.290. The van der Waals surface area contributed by atoms with Crippen molar-refractivity contribution in [2.24, 2.45) is 0 Å². The minimum Gasteiger partial charge on any atom is -0.380 e. The maximum absolute atomic E-state index is 12.4. The molecule has 0 aliphatic carbocycles. The maximum Gasteiger partial charge on any atom is 0.403 e. The molecule has 1 aliphatic heterocycles.